The van der Waals surface area contributed by atoms with Crippen LogP contribution in [-0.2, 0) is 12.8 Å². The first-order valence-corrected chi connectivity index (χ1v) is 10.3. The van der Waals surface area contributed by atoms with E-state index in [0.717, 1.165) is 29.1 Å². The number of fused-ring (bicyclic) bond motifs is 1. The van der Waals surface area contributed by atoms with Crippen molar-refractivity contribution in [3.63, 3.8) is 0 Å². The van der Waals surface area contributed by atoms with Gasteiger partial charge in [-0.15, -0.1) is 11.3 Å². The van der Waals surface area contributed by atoms with Crippen LogP contribution in [-0.4, -0.2) is 15.7 Å². The highest BCUT2D eigenvalue weighted by Gasteiger charge is 2.20. The van der Waals surface area contributed by atoms with Crippen molar-refractivity contribution in [3.8, 4) is 16.3 Å². The number of nitrogens with zero attached hydrogens (tertiary/aromatic N) is 2. The normalized spacial score (nSPS) is 12.7. The van der Waals surface area contributed by atoms with Gasteiger partial charge >= 0.3 is 0 Å². The van der Waals surface area contributed by atoms with Gasteiger partial charge in [0.15, 0.2) is 0 Å². The fraction of sp³-hybridized carbons (Fsp3) is 0.130. The molecule has 0 atom stereocenters. The molecule has 138 valence electrons. The van der Waals surface area contributed by atoms with Crippen molar-refractivity contribution in [2.75, 3.05) is 5.32 Å². The van der Waals surface area contributed by atoms with E-state index in [0.29, 0.717) is 11.3 Å². The van der Waals surface area contributed by atoms with E-state index < -0.39 is 0 Å². The number of carbonyl (C=O) groups is 1. The van der Waals surface area contributed by atoms with Crippen LogP contribution in [0.3, 0.4) is 0 Å². The number of anilines is 1. The summed E-state index contributed by atoms with van der Waals surface area (Å²) < 4.78 is 1.77. The second-order valence-corrected chi connectivity index (χ2v) is 7.89. The molecule has 4 nitrogen and oxygen atoms in total. The van der Waals surface area contributed by atoms with Crippen LogP contribution in [0.2, 0.25) is 0 Å². The fourth-order valence-electron chi connectivity index (χ4n) is 3.70. The van der Waals surface area contributed by atoms with E-state index in [9.17, 15) is 4.79 Å². The maximum Gasteiger partial charge on any atom is 0.259 e. The molecule has 0 radical (unpaired) electrons. The molecule has 0 saturated heterocycles. The summed E-state index contributed by atoms with van der Waals surface area (Å²) in [6.45, 7) is 0. The van der Waals surface area contributed by atoms with Gasteiger partial charge in [-0.2, -0.15) is 5.10 Å². The van der Waals surface area contributed by atoms with Gasteiger partial charge in [0.2, 0.25) is 0 Å². The maximum atomic E-state index is 13.1. The van der Waals surface area contributed by atoms with Gasteiger partial charge in [0.1, 0.15) is 5.69 Å². The predicted octanol–water partition coefficient (Wildman–Crippen LogP) is 5.34. The monoisotopic (exact) mass is 385 g/mol. The Morgan fingerprint density at radius 1 is 1.00 bits per heavy atom. The van der Waals surface area contributed by atoms with Crippen LogP contribution in [0.25, 0.3) is 16.3 Å². The van der Waals surface area contributed by atoms with Crippen LogP contribution < -0.4 is 5.32 Å². The van der Waals surface area contributed by atoms with Crippen molar-refractivity contribution in [3.05, 3.63) is 88.9 Å². The number of aromatic nitrogens is 2. The molecule has 0 aliphatic heterocycles. The zero-order valence-corrected chi connectivity index (χ0v) is 16.1. The van der Waals surface area contributed by atoms with E-state index in [1.807, 2.05) is 60.1 Å². The van der Waals surface area contributed by atoms with Crippen molar-refractivity contribution in [2.45, 2.75) is 19.3 Å². The summed E-state index contributed by atoms with van der Waals surface area (Å²) in [6, 6.07) is 20.1. The summed E-state index contributed by atoms with van der Waals surface area (Å²) in [5.41, 5.74) is 5.79. The van der Waals surface area contributed by atoms with Crippen LogP contribution >= 0.6 is 11.3 Å². The molecule has 28 heavy (non-hydrogen) atoms. The SMILES string of the molecule is O=C(Nc1ccc2c(c1)CCC2)c1cn(-c2ccccc2)nc1-c1cccs1. The first-order chi connectivity index (χ1) is 13.8. The zero-order valence-electron chi connectivity index (χ0n) is 15.3. The van der Waals surface area contributed by atoms with Crippen LogP contribution in [0.5, 0.6) is 0 Å². The predicted molar refractivity (Wildman–Crippen MR) is 113 cm³/mol. The number of amides is 1. The Bertz CT molecular complexity index is 1130. The Kier molecular flexibility index (Phi) is 4.29. The average molecular weight is 385 g/mol. The number of para-hydroxylation sites is 1. The van der Waals surface area contributed by atoms with Crippen molar-refractivity contribution in [1.29, 1.82) is 0 Å². The maximum absolute atomic E-state index is 13.1. The lowest BCUT2D eigenvalue weighted by molar-refractivity contribution is 0.102. The largest absolute Gasteiger partial charge is 0.322 e. The number of aryl methyl sites for hydroxylation is 2. The molecule has 1 aliphatic rings. The summed E-state index contributed by atoms with van der Waals surface area (Å²) in [6.07, 6.45) is 5.23. The summed E-state index contributed by atoms with van der Waals surface area (Å²) >= 11 is 1.58. The minimum atomic E-state index is -0.136. The third-order valence-electron chi connectivity index (χ3n) is 5.09. The Labute approximate surface area is 167 Å². The Hall–Kier alpha value is -3.18. The number of rotatable bonds is 4. The molecule has 0 saturated carbocycles. The van der Waals surface area contributed by atoms with Gasteiger partial charge < -0.3 is 5.32 Å². The summed E-state index contributed by atoms with van der Waals surface area (Å²) in [7, 11) is 0. The lowest BCUT2D eigenvalue weighted by Gasteiger charge is -2.07. The van der Waals surface area contributed by atoms with Gasteiger partial charge in [0.05, 0.1) is 16.1 Å². The number of benzene rings is 2. The summed E-state index contributed by atoms with van der Waals surface area (Å²) in [5, 5.41) is 9.78. The quantitative estimate of drug-likeness (QED) is 0.515. The third kappa shape index (κ3) is 3.14. The van der Waals surface area contributed by atoms with Crippen LogP contribution in [0.15, 0.2) is 72.2 Å². The first kappa shape index (κ1) is 17.0. The van der Waals surface area contributed by atoms with Gasteiger partial charge in [0, 0.05) is 11.9 Å². The number of thiophene rings is 1. The van der Waals surface area contributed by atoms with Crippen molar-refractivity contribution >= 4 is 22.9 Å². The molecule has 1 aliphatic carbocycles. The highest BCUT2D eigenvalue weighted by atomic mass is 32.1. The molecule has 0 unspecified atom stereocenters. The molecule has 2 aromatic heterocycles. The second-order valence-electron chi connectivity index (χ2n) is 6.94. The van der Waals surface area contributed by atoms with E-state index in [-0.39, 0.29) is 5.91 Å². The number of carbonyl (C=O) groups excluding carboxylic acids is 1. The van der Waals surface area contributed by atoms with Gasteiger partial charge in [-0.25, -0.2) is 4.68 Å². The number of hydrogen-bond acceptors (Lipinski definition) is 3. The van der Waals surface area contributed by atoms with E-state index in [2.05, 4.69) is 17.4 Å². The minimum absolute atomic E-state index is 0.136. The van der Waals surface area contributed by atoms with E-state index in [4.69, 9.17) is 5.10 Å². The van der Waals surface area contributed by atoms with Gasteiger partial charge in [-0.3, -0.25) is 4.79 Å². The summed E-state index contributed by atoms with van der Waals surface area (Å²) in [5.74, 6) is -0.136. The van der Waals surface area contributed by atoms with Gasteiger partial charge in [-0.1, -0.05) is 30.3 Å². The molecule has 0 bridgehead atoms. The van der Waals surface area contributed by atoms with Crippen molar-refractivity contribution in [1.82, 2.24) is 9.78 Å². The molecule has 5 rings (SSSR count). The molecular weight excluding hydrogens is 366 g/mol. The van der Waals surface area contributed by atoms with E-state index in [1.54, 1.807) is 16.0 Å². The Morgan fingerprint density at radius 3 is 2.68 bits per heavy atom. The van der Waals surface area contributed by atoms with Crippen LogP contribution in [0, 0.1) is 0 Å². The van der Waals surface area contributed by atoms with E-state index in [1.165, 1.54) is 17.5 Å². The number of hydrogen-bond donors (Lipinski definition) is 1. The zero-order chi connectivity index (χ0) is 18.9. The van der Waals surface area contributed by atoms with Crippen molar-refractivity contribution < 1.29 is 4.79 Å². The molecule has 4 aromatic rings. The lowest BCUT2D eigenvalue weighted by Crippen LogP contribution is -2.12. The van der Waals surface area contributed by atoms with Crippen molar-refractivity contribution in [2.24, 2.45) is 0 Å². The minimum Gasteiger partial charge on any atom is -0.322 e. The third-order valence-corrected chi connectivity index (χ3v) is 5.97. The van der Waals surface area contributed by atoms with Crippen LogP contribution in [0.1, 0.15) is 27.9 Å². The Morgan fingerprint density at radius 2 is 1.86 bits per heavy atom. The smallest absolute Gasteiger partial charge is 0.259 e. The molecule has 2 heterocycles. The highest BCUT2D eigenvalue weighted by molar-refractivity contribution is 7.13. The average Bonchev–Trinajstić information content (AvgIpc) is 3.47. The number of nitrogens with one attached hydrogen (secondary N) is 1. The molecule has 1 amide bonds. The molecule has 0 fully saturated rings. The fourth-order valence-corrected chi connectivity index (χ4v) is 4.42. The van der Waals surface area contributed by atoms with Crippen LogP contribution in [0.4, 0.5) is 5.69 Å². The topological polar surface area (TPSA) is 46.9 Å². The Balaban J connectivity index is 1.51. The lowest BCUT2D eigenvalue weighted by atomic mass is 10.1. The molecular formula is C23H19N3OS. The van der Waals surface area contributed by atoms with Gasteiger partial charge in [-0.05, 0) is 66.1 Å². The van der Waals surface area contributed by atoms with E-state index >= 15 is 0 Å². The second kappa shape index (κ2) is 7.09. The molecule has 1 N–H and O–H groups in total. The highest BCUT2D eigenvalue weighted by Crippen LogP contribution is 2.29. The standard InChI is InChI=1S/C23H19N3OS/c27-23(24-18-12-11-16-6-4-7-17(16)14-18)20-15-26(19-8-2-1-3-9-19)25-22(20)21-10-5-13-28-21/h1-3,5,8-15H,4,6-7H2,(H,24,27). The summed E-state index contributed by atoms with van der Waals surface area (Å²) in [4.78, 5) is 14.1. The molecule has 5 heteroatoms. The molecule has 0 spiro atoms. The molecule has 2 aromatic carbocycles. The first-order valence-electron chi connectivity index (χ1n) is 9.40. The van der Waals surface area contributed by atoms with Gasteiger partial charge in [0.25, 0.3) is 5.91 Å².